The second kappa shape index (κ2) is 8.75. The van der Waals surface area contributed by atoms with Gasteiger partial charge in [-0.3, -0.25) is 4.79 Å². The van der Waals surface area contributed by atoms with E-state index < -0.39 is 0 Å². The van der Waals surface area contributed by atoms with Gasteiger partial charge in [-0.2, -0.15) is 0 Å². The average Bonchev–Trinajstić information content (AvgIpc) is 2.73. The van der Waals surface area contributed by atoms with Crippen LogP contribution in [-0.4, -0.2) is 63.0 Å². The van der Waals surface area contributed by atoms with Crippen molar-refractivity contribution in [2.45, 2.75) is 4.90 Å². The van der Waals surface area contributed by atoms with E-state index in [0.29, 0.717) is 19.0 Å². The first-order valence-corrected chi connectivity index (χ1v) is 10.5. The van der Waals surface area contributed by atoms with Crippen LogP contribution in [0, 0.1) is 0 Å². The van der Waals surface area contributed by atoms with Gasteiger partial charge in [0.1, 0.15) is 13.2 Å². The van der Waals surface area contributed by atoms with E-state index >= 15 is 0 Å². The van der Waals surface area contributed by atoms with Crippen LogP contribution in [0.3, 0.4) is 0 Å². The Kier molecular flexibility index (Phi) is 5.92. The molecule has 0 unspecified atom stereocenters. The number of amides is 1. The Hall–Kier alpha value is -2.38. The fourth-order valence-electron chi connectivity index (χ4n) is 3.35. The van der Waals surface area contributed by atoms with Crippen molar-refractivity contribution in [3.8, 4) is 11.5 Å². The number of hydrogen-bond donors (Lipinski definition) is 1. The molecule has 0 atom stereocenters. The lowest BCUT2D eigenvalue weighted by Crippen LogP contribution is -2.44. The smallest absolute Gasteiger partial charge is 0.234 e. The van der Waals surface area contributed by atoms with E-state index in [1.54, 1.807) is 0 Å². The fraction of sp³-hybridized carbons (Fsp3) is 0.381. The minimum atomic E-state index is -0.0125. The largest absolute Gasteiger partial charge is 0.486 e. The maximum atomic E-state index is 12.5. The number of benzene rings is 2. The summed E-state index contributed by atoms with van der Waals surface area (Å²) in [5.41, 5.74) is 1.97. The molecule has 2 aliphatic heterocycles. The molecule has 6 nitrogen and oxygen atoms in total. The van der Waals surface area contributed by atoms with E-state index in [2.05, 4.69) is 28.2 Å². The molecule has 28 heavy (non-hydrogen) atoms. The lowest BCUT2D eigenvalue weighted by Gasteiger charge is -2.35. The number of nitrogens with one attached hydrogen (secondary N) is 1. The molecule has 0 aliphatic carbocycles. The van der Waals surface area contributed by atoms with Gasteiger partial charge in [-0.25, -0.2) is 0 Å². The van der Waals surface area contributed by atoms with Crippen LogP contribution in [0.25, 0.3) is 0 Å². The normalized spacial score (nSPS) is 16.7. The van der Waals surface area contributed by atoms with Crippen LogP contribution in [0.5, 0.6) is 11.5 Å². The highest BCUT2D eigenvalue weighted by Gasteiger charge is 2.18. The molecule has 0 radical (unpaired) electrons. The Labute approximate surface area is 169 Å². The average molecular weight is 400 g/mol. The third-order valence-corrected chi connectivity index (χ3v) is 5.90. The summed E-state index contributed by atoms with van der Waals surface area (Å²) >= 11 is 1.49. The van der Waals surface area contributed by atoms with Crippen molar-refractivity contribution in [2.24, 2.45) is 0 Å². The maximum absolute atomic E-state index is 12.5. The van der Waals surface area contributed by atoms with E-state index in [9.17, 15) is 4.79 Å². The first-order chi connectivity index (χ1) is 13.7. The molecule has 1 amide bonds. The van der Waals surface area contributed by atoms with Gasteiger partial charge in [0.15, 0.2) is 11.5 Å². The number of para-hydroxylation sites is 2. The Balaban J connectivity index is 1.36. The zero-order valence-electron chi connectivity index (χ0n) is 16.0. The second-order valence-electron chi connectivity index (χ2n) is 6.95. The van der Waals surface area contributed by atoms with Gasteiger partial charge in [0, 0.05) is 31.1 Å². The molecule has 1 saturated heterocycles. The van der Waals surface area contributed by atoms with Crippen molar-refractivity contribution in [1.29, 1.82) is 0 Å². The quantitative estimate of drug-likeness (QED) is 0.781. The summed E-state index contributed by atoms with van der Waals surface area (Å²) in [4.78, 5) is 18.2. The molecule has 4 rings (SSSR count). The van der Waals surface area contributed by atoms with E-state index in [0.717, 1.165) is 53.9 Å². The van der Waals surface area contributed by atoms with Crippen LogP contribution in [0.2, 0.25) is 0 Å². The van der Waals surface area contributed by atoms with Crippen molar-refractivity contribution in [2.75, 3.05) is 62.4 Å². The van der Waals surface area contributed by atoms with Gasteiger partial charge in [0.2, 0.25) is 5.91 Å². The molecule has 2 aromatic carbocycles. The van der Waals surface area contributed by atoms with Gasteiger partial charge in [-0.05, 0) is 37.4 Å². The summed E-state index contributed by atoms with van der Waals surface area (Å²) in [6.45, 7) is 5.13. The topological polar surface area (TPSA) is 54.0 Å². The van der Waals surface area contributed by atoms with Crippen LogP contribution in [0.15, 0.2) is 47.4 Å². The summed E-state index contributed by atoms with van der Waals surface area (Å²) in [5, 5.41) is 3.08. The zero-order valence-corrected chi connectivity index (χ0v) is 16.8. The van der Waals surface area contributed by atoms with Crippen molar-refractivity contribution in [3.05, 3.63) is 42.5 Å². The van der Waals surface area contributed by atoms with Gasteiger partial charge in [-0.1, -0.05) is 12.1 Å². The first kappa shape index (κ1) is 19.0. The lowest BCUT2D eigenvalue weighted by atomic mass is 10.2. The number of ether oxygens (including phenoxy) is 2. The number of nitrogens with zero attached hydrogens (tertiary/aromatic N) is 2. The van der Waals surface area contributed by atoms with Crippen LogP contribution in [0.4, 0.5) is 11.4 Å². The standard InChI is InChI=1S/C21H25N3O3S/c1-23-8-10-24(11-9-23)18-5-3-2-4-17(18)22-21(25)15-28-16-6-7-19-20(14-16)27-13-12-26-19/h2-7,14H,8-13,15H2,1H3,(H,22,25). The fourth-order valence-corrected chi connectivity index (χ4v) is 4.08. The van der Waals surface area contributed by atoms with Crippen LogP contribution in [0.1, 0.15) is 0 Å². The molecule has 148 valence electrons. The Morgan fingerprint density at radius 2 is 1.79 bits per heavy atom. The molecule has 0 saturated carbocycles. The van der Waals surface area contributed by atoms with E-state index in [1.165, 1.54) is 11.8 Å². The monoisotopic (exact) mass is 399 g/mol. The molecule has 2 aromatic rings. The molecule has 0 spiro atoms. The van der Waals surface area contributed by atoms with Crippen molar-refractivity contribution < 1.29 is 14.3 Å². The first-order valence-electron chi connectivity index (χ1n) is 9.54. The van der Waals surface area contributed by atoms with Crippen LogP contribution >= 0.6 is 11.8 Å². The lowest BCUT2D eigenvalue weighted by molar-refractivity contribution is -0.113. The van der Waals surface area contributed by atoms with E-state index in [4.69, 9.17) is 9.47 Å². The molecule has 0 aromatic heterocycles. The summed E-state index contributed by atoms with van der Waals surface area (Å²) < 4.78 is 11.1. The number of hydrogen-bond acceptors (Lipinski definition) is 6. The summed E-state index contributed by atoms with van der Waals surface area (Å²) in [6.07, 6.45) is 0. The number of rotatable bonds is 5. The second-order valence-corrected chi connectivity index (χ2v) is 8.00. The molecule has 1 N–H and O–H groups in total. The molecule has 7 heteroatoms. The van der Waals surface area contributed by atoms with Crippen LogP contribution < -0.4 is 19.7 Å². The number of carbonyl (C=O) groups is 1. The highest BCUT2D eigenvalue weighted by atomic mass is 32.2. The minimum Gasteiger partial charge on any atom is -0.486 e. The molecular formula is C21H25N3O3S. The molecule has 2 heterocycles. The summed E-state index contributed by atoms with van der Waals surface area (Å²) in [5.74, 6) is 1.84. The number of thioether (sulfide) groups is 1. The summed E-state index contributed by atoms with van der Waals surface area (Å²) in [6, 6.07) is 13.8. The minimum absolute atomic E-state index is 0.0125. The summed E-state index contributed by atoms with van der Waals surface area (Å²) in [7, 11) is 2.14. The number of anilines is 2. The van der Waals surface area contributed by atoms with Crippen LogP contribution in [-0.2, 0) is 4.79 Å². The van der Waals surface area contributed by atoms with Crippen molar-refractivity contribution >= 4 is 29.0 Å². The number of piperazine rings is 1. The highest BCUT2D eigenvalue weighted by molar-refractivity contribution is 8.00. The number of fused-ring (bicyclic) bond motifs is 1. The van der Waals surface area contributed by atoms with Crippen molar-refractivity contribution in [1.82, 2.24) is 4.90 Å². The number of carbonyl (C=O) groups excluding carboxylic acids is 1. The highest BCUT2D eigenvalue weighted by Crippen LogP contribution is 2.34. The van der Waals surface area contributed by atoms with Crippen molar-refractivity contribution in [3.63, 3.8) is 0 Å². The molecular weight excluding hydrogens is 374 g/mol. The van der Waals surface area contributed by atoms with Gasteiger partial charge in [0.05, 0.1) is 17.1 Å². The maximum Gasteiger partial charge on any atom is 0.234 e. The third-order valence-electron chi connectivity index (χ3n) is 4.91. The molecule has 1 fully saturated rings. The van der Waals surface area contributed by atoms with E-state index in [1.807, 2.05) is 36.4 Å². The van der Waals surface area contributed by atoms with Gasteiger partial charge < -0.3 is 24.6 Å². The zero-order chi connectivity index (χ0) is 19.3. The molecule has 0 bridgehead atoms. The Morgan fingerprint density at radius 3 is 2.61 bits per heavy atom. The predicted octanol–water partition coefficient (Wildman–Crippen LogP) is 2.94. The van der Waals surface area contributed by atoms with Gasteiger partial charge >= 0.3 is 0 Å². The van der Waals surface area contributed by atoms with Gasteiger partial charge in [-0.15, -0.1) is 11.8 Å². The van der Waals surface area contributed by atoms with Gasteiger partial charge in [0.25, 0.3) is 0 Å². The molecule has 2 aliphatic rings. The predicted molar refractivity (Wildman–Crippen MR) is 113 cm³/mol. The Bertz CT molecular complexity index is 837. The third kappa shape index (κ3) is 4.54. The van der Waals surface area contributed by atoms with E-state index in [-0.39, 0.29) is 5.91 Å². The SMILES string of the molecule is CN1CCN(c2ccccc2NC(=O)CSc2ccc3c(c2)OCCO3)CC1. The number of likely N-dealkylation sites (N-methyl/N-ethyl adjacent to an activating group) is 1. The Morgan fingerprint density at radius 1 is 1.04 bits per heavy atom.